The Labute approximate surface area is 144 Å². The van der Waals surface area contributed by atoms with Gasteiger partial charge >= 0.3 is 5.97 Å². The third-order valence-corrected chi connectivity index (χ3v) is 3.65. The van der Waals surface area contributed by atoms with E-state index in [0.717, 1.165) is 0 Å². The average Bonchev–Trinajstić information content (AvgIpc) is 2.51. The number of esters is 1. The minimum absolute atomic E-state index is 0.0765. The molecule has 0 aliphatic carbocycles. The molecule has 0 unspecified atom stereocenters. The zero-order chi connectivity index (χ0) is 16.8. The van der Waals surface area contributed by atoms with Gasteiger partial charge in [0.05, 0.1) is 24.3 Å². The molecule has 0 aliphatic rings. The summed E-state index contributed by atoms with van der Waals surface area (Å²) in [6, 6.07) is 11.6. The number of carbonyl (C=O) groups excluding carboxylic acids is 2. The molecule has 0 aliphatic heterocycles. The lowest BCUT2D eigenvalue weighted by atomic mass is 10.1. The van der Waals surface area contributed by atoms with Crippen LogP contribution in [-0.2, 0) is 16.0 Å². The van der Waals surface area contributed by atoms with Crippen LogP contribution >= 0.6 is 23.2 Å². The maximum atomic E-state index is 12.2. The summed E-state index contributed by atoms with van der Waals surface area (Å²) >= 11 is 11.9. The monoisotopic (exact) mass is 351 g/mol. The highest BCUT2D eigenvalue weighted by molar-refractivity contribution is 6.35. The number of rotatable bonds is 5. The van der Waals surface area contributed by atoms with Gasteiger partial charge in [-0.05, 0) is 36.8 Å². The molecule has 1 N–H and O–H groups in total. The van der Waals surface area contributed by atoms with E-state index in [1.807, 2.05) is 0 Å². The number of halogens is 2. The Balaban J connectivity index is 2.13. The van der Waals surface area contributed by atoms with Gasteiger partial charge in [-0.15, -0.1) is 0 Å². The van der Waals surface area contributed by atoms with Gasteiger partial charge in [0.15, 0.2) is 0 Å². The molecule has 2 aromatic carbocycles. The molecule has 0 fully saturated rings. The number of hydrogen-bond donors (Lipinski definition) is 1. The van der Waals surface area contributed by atoms with Crippen LogP contribution < -0.4 is 5.32 Å². The molecule has 0 heterocycles. The van der Waals surface area contributed by atoms with Gasteiger partial charge in [0.2, 0.25) is 5.91 Å². The number of carbonyl (C=O) groups is 2. The van der Waals surface area contributed by atoms with Crippen molar-refractivity contribution in [3.05, 3.63) is 63.6 Å². The molecule has 0 bridgehead atoms. The maximum absolute atomic E-state index is 12.2. The van der Waals surface area contributed by atoms with Crippen LogP contribution in [0.1, 0.15) is 22.8 Å². The first-order valence-corrected chi connectivity index (χ1v) is 7.76. The van der Waals surface area contributed by atoms with Gasteiger partial charge in [0.1, 0.15) is 0 Å². The van der Waals surface area contributed by atoms with Crippen LogP contribution in [0.15, 0.2) is 42.5 Å². The number of hydrogen-bond acceptors (Lipinski definition) is 3. The Morgan fingerprint density at radius 3 is 2.57 bits per heavy atom. The van der Waals surface area contributed by atoms with Gasteiger partial charge in [-0.3, -0.25) is 4.79 Å². The first kappa shape index (κ1) is 17.3. The summed E-state index contributed by atoms with van der Waals surface area (Å²) in [5, 5.41) is 3.64. The Bertz CT molecular complexity index is 732. The highest BCUT2D eigenvalue weighted by Crippen LogP contribution is 2.22. The third kappa shape index (κ3) is 4.71. The van der Waals surface area contributed by atoms with E-state index in [9.17, 15) is 9.59 Å². The molecular weight excluding hydrogens is 337 g/mol. The number of para-hydroxylation sites is 1. The summed E-state index contributed by atoms with van der Waals surface area (Å²) in [5.41, 5.74) is 1.37. The molecule has 0 radical (unpaired) electrons. The molecule has 0 aromatic heterocycles. The number of nitrogens with one attached hydrogen (secondary N) is 1. The van der Waals surface area contributed by atoms with Crippen LogP contribution in [0.2, 0.25) is 10.0 Å². The van der Waals surface area contributed by atoms with E-state index in [0.29, 0.717) is 26.9 Å². The Kier molecular flexibility index (Phi) is 6.02. The second-order valence-corrected chi connectivity index (χ2v) is 5.57. The zero-order valence-corrected chi connectivity index (χ0v) is 13.9. The van der Waals surface area contributed by atoms with Crippen molar-refractivity contribution < 1.29 is 14.3 Å². The third-order valence-electron chi connectivity index (χ3n) is 3.06. The summed E-state index contributed by atoms with van der Waals surface area (Å²) in [5.74, 6) is -0.765. The summed E-state index contributed by atoms with van der Waals surface area (Å²) in [6.07, 6.45) is 0.0765. The standard InChI is InChI=1S/C17H15Cl2NO3/c1-2-23-17(22)13-5-3-4-6-15(13)20-16(21)9-11-7-8-12(18)10-14(11)19/h3-8,10H,2,9H2,1H3,(H,20,21). The van der Waals surface area contributed by atoms with Gasteiger partial charge in [0.25, 0.3) is 0 Å². The van der Waals surface area contributed by atoms with Crippen LogP contribution in [0.5, 0.6) is 0 Å². The van der Waals surface area contributed by atoms with Crippen LogP contribution in [-0.4, -0.2) is 18.5 Å². The normalized spacial score (nSPS) is 10.2. The van der Waals surface area contributed by atoms with Gasteiger partial charge in [-0.2, -0.15) is 0 Å². The number of amides is 1. The van der Waals surface area contributed by atoms with Crippen molar-refractivity contribution in [1.82, 2.24) is 0 Å². The van der Waals surface area contributed by atoms with Gasteiger partial charge < -0.3 is 10.1 Å². The molecular formula is C17H15Cl2NO3. The van der Waals surface area contributed by atoms with E-state index in [1.165, 1.54) is 0 Å². The second kappa shape index (κ2) is 7.99. The minimum atomic E-state index is -0.479. The molecule has 1 amide bonds. The molecule has 0 atom stereocenters. The van der Waals surface area contributed by atoms with E-state index in [-0.39, 0.29) is 18.9 Å². The van der Waals surface area contributed by atoms with Gasteiger partial charge in [0, 0.05) is 10.0 Å². The number of ether oxygens (including phenoxy) is 1. The SMILES string of the molecule is CCOC(=O)c1ccccc1NC(=O)Cc1ccc(Cl)cc1Cl. The highest BCUT2D eigenvalue weighted by atomic mass is 35.5. The highest BCUT2D eigenvalue weighted by Gasteiger charge is 2.14. The fourth-order valence-electron chi connectivity index (χ4n) is 2.01. The second-order valence-electron chi connectivity index (χ2n) is 4.73. The molecule has 2 rings (SSSR count). The number of benzene rings is 2. The molecule has 4 nitrogen and oxygen atoms in total. The molecule has 120 valence electrons. The average molecular weight is 352 g/mol. The molecule has 23 heavy (non-hydrogen) atoms. The van der Waals surface area contributed by atoms with E-state index in [1.54, 1.807) is 49.4 Å². The van der Waals surface area contributed by atoms with E-state index in [4.69, 9.17) is 27.9 Å². The maximum Gasteiger partial charge on any atom is 0.340 e. The quantitative estimate of drug-likeness (QED) is 0.814. The predicted molar refractivity (Wildman–Crippen MR) is 91.2 cm³/mol. The van der Waals surface area contributed by atoms with Crippen LogP contribution in [0.25, 0.3) is 0 Å². The van der Waals surface area contributed by atoms with Crippen LogP contribution in [0.3, 0.4) is 0 Å². The molecule has 0 saturated heterocycles. The van der Waals surface area contributed by atoms with Crippen molar-refractivity contribution in [1.29, 1.82) is 0 Å². The molecule has 6 heteroatoms. The zero-order valence-electron chi connectivity index (χ0n) is 12.4. The summed E-state index contributed by atoms with van der Waals surface area (Å²) < 4.78 is 4.97. The van der Waals surface area contributed by atoms with E-state index in [2.05, 4.69) is 5.32 Å². The summed E-state index contributed by atoms with van der Waals surface area (Å²) in [4.78, 5) is 24.1. The predicted octanol–water partition coefficient (Wildman–Crippen LogP) is 4.35. The molecule has 2 aromatic rings. The summed E-state index contributed by atoms with van der Waals surface area (Å²) in [7, 11) is 0. The topological polar surface area (TPSA) is 55.4 Å². The first-order chi connectivity index (χ1) is 11.0. The first-order valence-electron chi connectivity index (χ1n) is 7.01. The van der Waals surface area contributed by atoms with Crippen molar-refractivity contribution >= 4 is 40.8 Å². The summed E-state index contributed by atoms with van der Waals surface area (Å²) in [6.45, 7) is 1.99. The molecule has 0 spiro atoms. The largest absolute Gasteiger partial charge is 0.462 e. The molecule has 0 saturated carbocycles. The van der Waals surface area contributed by atoms with Crippen LogP contribution in [0, 0.1) is 0 Å². The van der Waals surface area contributed by atoms with Crippen LogP contribution in [0.4, 0.5) is 5.69 Å². The van der Waals surface area contributed by atoms with Crippen molar-refractivity contribution in [2.45, 2.75) is 13.3 Å². The lowest BCUT2D eigenvalue weighted by Crippen LogP contribution is -2.17. The lowest BCUT2D eigenvalue weighted by Gasteiger charge is -2.11. The Morgan fingerprint density at radius 2 is 1.87 bits per heavy atom. The smallest absolute Gasteiger partial charge is 0.340 e. The fraction of sp³-hybridized carbons (Fsp3) is 0.176. The van der Waals surface area contributed by atoms with Gasteiger partial charge in [-0.1, -0.05) is 41.4 Å². The van der Waals surface area contributed by atoms with Crippen molar-refractivity contribution in [2.75, 3.05) is 11.9 Å². The fourth-order valence-corrected chi connectivity index (χ4v) is 2.49. The Morgan fingerprint density at radius 1 is 1.13 bits per heavy atom. The minimum Gasteiger partial charge on any atom is -0.462 e. The van der Waals surface area contributed by atoms with Crippen molar-refractivity contribution in [3.63, 3.8) is 0 Å². The van der Waals surface area contributed by atoms with Crippen molar-refractivity contribution in [3.8, 4) is 0 Å². The lowest BCUT2D eigenvalue weighted by molar-refractivity contribution is -0.115. The number of anilines is 1. The van der Waals surface area contributed by atoms with E-state index >= 15 is 0 Å². The van der Waals surface area contributed by atoms with E-state index < -0.39 is 5.97 Å². The Hall–Kier alpha value is -2.04. The van der Waals surface area contributed by atoms with Gasteiger partial charge in [-0.25, -0.2) is 4.79 Å². The van der Waals surface area contributed by atoms with Crippen molar-refractivity contribution in [2.24, 2.45) is 0 Å².